The van der Waals surface area contributed by atoms with E-state index in [1.54, 1.807) is 30.3 Å². The number of carbonyl (C=O) groups excluding carboxylic acids is 1. The highest BCUT2D eigenvalue weighted by molar-refractivity contribution is 5.77. The molecule has 0 spiro atoms. The second kappa shape index (κ2) is 11.2. The first-order valence-electron chi connectivity index (χ1n) is 11.5. The molecule has 36 heavy (non-hydrogen) atoms. The van der Waals surface area contributed by atoms with Gasteiger partial charge in [0.25, 0.3) is 0 Å². The minimum absolute atomic E-state index is 0.0969. The van der Waals surface area contributed by atoms with E-state index in [9.17, 15) is 18.4 Å². The Bertz CT molecular complexity index is 1280. The molecule has 0 bridgehead atoms. The number of halogens is 2. The van der Waals surface area contributed by atoms with Gasteiger partial charge in [0.15, 0.2) is 0 Å². The molecule has 3 aromatic carbocycles. The summed E-state index contributed by atoms with van der Waals surface area (Å²) in [6.07, 6.45) is -0.859. The Labute approximate surface area is 206 Å². The molecule has 0 unspecified atom stereocenters. The second-order valence-electron chi connectivity index (χ2n) is 8.22. The largest absolute Gasteiger partial charge is 0.528 e. The van der Waals surface area contributed by atoms with Crippen molar-refractivity contribution in [3.8, 4) is 16.9 Å². The van der Waals surface area contributed by atoms with Gasteiger partial charge in [0.2, 0.25) is 0 Å². The molecule has 0 fully saturated rings. The maximum absolute atomic E-state index is 14.7. The molecule has 4 rings (SSSR count). The average molecular weight is 497 g/mol. The van der Waals surface area contributed by atoms with Crippen LogP contribution in [0, 0.1) is 11.6 Å². The average Bonchev–Trinajstić information content (AvgIpc) is 2.84. The van der Waals surface area contributed by atoms with Gasteiger partial charge in [0, 0.05) is 17.7 Å². The quantitative estimate of drug-likeness (QED) is 0.424. The molecule has 7 nitrogen and oxygen atoms in total. The van der Waals surface area contributed by atoms with Crippen molar-refractivity contribution < 1.29 is 37.8 Å². The van der Waals surface area contributed by atoms with E-state index in [1.165, 1.54) is 29.3 Å². The van der Waals surface area contributed by atoms with Crippen LogP contribution in [0.2, 0.25) is 0 Å². The monoisotopic (exact) mass is 497 g/mol. The molecule has 1 N–H and O–H groups in total. The molecule has 0 radical (unpaired) electrons. The summed E-state index contributed by atoms with van der Waals surface area (Å²) in [5, 5.41) is 10.5. The van der Waals surface area contributed by atoms with Crippen molar-refractivity contribution in [2.75, 3.05) is 13.2 Å². The van der Waals surface area contributed by atoms with Crippen molar-refractivity contribution in [3.63, 3.8) is 0 Å². The summed E-state index contributed by atoms with van der Waals surface area (Å²) in [7, 11) is 0. The molecular formula is C27H25F2NO6. The summed E-state index contributed by atoms with van der Waals surface area (Å²) >= 11 is 0. The Balaban J connectivity index is 1.55. The number of hydrogen-bond donors (Lipinski definition) is 1. The topological polar surface area (TPSA) is 85.3 Å². The molecule has 188 valence electrons. The van der Waals surface area contributed by atoms with Crippen LogP contribution in [0.5, 0.6) is 5.75 Å². The molecule has 3 aromatic rings. The number of fused-ring (bicyclic) bond motifs is 1. The highest BCUT2D eigenvalue weighted by Gasteiger charge is 2.26. The van der Waals surface area contributed by atoms with Crippen LogP contribution in [0.1, 0.15) is 29.2 Å². The fourth-order valence-corrected chi connectivity index (χ4v) is 4.17. The smallest absolute Gasteiger partial charge is 0.493 e. The summed E-state index contributed by atoms with van der Waals surface area (Å²) in [6.45, 7) is 2.24. The van der Waals surface area contributed by atoms with E-state index in [0.29, 0.717) is 40.2 Å². The first-order chi connectivity index (χ1) is 17.4. The third-order valence-corrected chi connectivity index (χ3v) is 5.82. The molecule has 0 aliphatic carbocycles. The fourth-order valence-electron chi connectivity index (χ4n) is 4.17. The molecule has 0 saturated heterocycles. The molecule has 0 atom stereocenters. The van der Waals surface area contributed by atoms with Gasteiger partial charge in [-0.15, -0.1) is 5.06 Å². The predicted octanol–water partition coefficient (Wildman–Crippen LogP) is 5.28. The van der Waals surface area contributed by atoms with Gasteiger partial charge in [-0.1, -0.05) is 36.4 Å². The van der Waals surface area contributed by atoms with Crippen LogP contribution in [0.3, 0.4) is 0 Å². The van der Waals surface area contributed by atoms with Crippen molar-refractivity contribution >= 4 is 12.1 Å². The van der Waals surface area contributed by atoms with Crippen molar-refractivity contribution in [1.29, 1.82) is 0 Å². The van der Waals surface area contributed by atoms with E-state index in [1.807, 2.05) is 6.92 Å². The number of carboxylic acid groups (broad SMARTS) is 1. The first-order valence-corrected chi connectivity index (χ1v) is 11.5. The van der Waals surface area contributed by atoms with Crippen LogP contribution >= 0.6 is 0 Å². The molecule has 1 heterocycles. The number of ether oxygens (including phenoxy) is 2. The van der Waals surface area contributed by atoms with Gasteiger partial charge >= 0.3 is 12.1 Å². The molecule has 0 aromatic heterocycles. The van der Waals surface area contributed by atoms with E-state index < -0.39 is 17.9 Å². The Morgan fingerprint density at radius 1 is 1.00 bits per heavy atom. The number of nitrogens with zero attached hydrogens (tertiary/aromatic N) is 1. The summed E-state index contributed by atoms with van der Waals surface area (Å²) < 4.78 is 39.3. The summed E-state index contributed by atoms with van der Waals surface area (Å²) in [6, 6.07) is 14.1. The van der Waals surface area contributed by atoms with Gasteiger partial charge in [-0.2, -0.15) is 0 Å². The first kappa shape index (κ1) is 25.1. The number of aliphatic carboxylic acids is 1. The summed E-state index contributed by atoms with van der Waals surface area (Å²) in [5.41, 5.74) is 3.28. The van der Waals surface area contributed by atoms with Gasteiger partial charge < -0.3 is 19.4 Å². The lowest BCUT2D eigenvalue weighted by atomic mass is 9.90. The Morgan fingerprint density at radius 2 is 1.78 bits per heavy atom. The van der Waals surface area contributed by atoms with Gasteiger partial charge in [0.1, 0.15) is 24.0 Å². The molecule has 1 aliphatic heterocycles. The van der Waals surface area contributed by atoms with Gasteiger partial charge in [-0.05, 0) is 53.8 Å². The molecule has 1 aliphatic rings. The van der Waals surface area contributed by atoms with Crippen LogP contribution in [0.25, 0.3) is 11.1 Å². The van der Waals surface area contributed by atoms with Gasteiger partial charge in [-0.3, -0.25) is 4.79 Å². The van der Waals surface area contributed by atoms with Gasteiger partial charge in [0.05, 0.1) is 19.6 Å². The zero-order chi connectivity index (χ0) is 25.7. The van der Waals surface area contributed by atoms with E-state index in [2.05, 4.69) is 0 Å². The van der Waals surface area contributed by atoms with E-state index in [-0.39, 0.29) is 43.9 Å². The minimum atomic E-state index is -0.993. The zero-order valence-electron chi connectivity index (χ0n) is 19.6. The SMILES string of the molecule is CCOc1cc(CC(=O)O)ccc1-c1ccc(F)c2c1CN(OC(=O)OCc1ccccc1F)CC2. The number of hydroxylamine groups is 2. The molecule has 0 amide bonds. The number of carboxylic acids is 1. The third-order valence-electron chi connectivity index (χ3n) is 5.82. The Kier molecular flexibility index (Phi) is 7.80. The van der Waals surface area contributed by atoms with Gasteiger partial charge in [-0.25, -0.2) is 13.6 Å². The number of rotatable bonds is 8. The van der Waals surface area contributed by atoms with Crippen molar-refractivity contribution in [3.05, 3.63) is 88.5 Å². The van der Waals surface area contributed by atoms with Crippen LogP contribution in [0.15, 0.2) is 54.6 Å². The van der Waals surface area contributed by atoms with Crippen LogP contribution < -0.4 is 4.74 Å². The zero-order valence-corrected chi connectivity index (χ0v) is 19.6. The molecule has 9 heteroatoms. The molecular weight excluding hydrogens is 472 g/mol. The number of hydrogen-bond acceptors (Lipinski definition) is 6. The predicted molar refractivity (Wildman–Crippen MR) is 126 cm³/mol. The van der Waals surface area contributed by atoms with Crippen molar-refractivity contribution in [2.45, 2.75) is 32.9 Å². The maximum Gasteiger partial charge on any atom is 0.528 e. The van der Waals surface area contributed by atoms with Crippen molar-refractivity contribution in [2.24, 2.45) is 0 Å². The lowest BCUT2D eigenvalue weighted by molar-refractivity contribution is -0.139. The maximum atomic E-state index is 14.7. The third kappa shape index (κ3) is 5.80. The highest BCUT2D eigenvalue weighted by Crippen LogP contribution is 2.38. The fraction of sp³-hybridized carbons (Fsp3) is 0.259. The lowest BCUT2D eigenvalue weighted by Crippen LogP contribution is -2.34. The van der Waals surface area contributed by atoms with E-state index in [4.69, 9.17) is 19.4 Å². The summed E-state index contributed by atoms with van der Waals surface area (Å²) in [5.74, 6) is -1.33. The standard InChI is InChI=1S/C27H25F2NO6/c1-2-34-25-13-17(14-26(31)32)7-8-21(25)19-9-10-24(29)20-11-12-30(15-22(19)20)36-27(33)35-16-18-5-3-4-6-23(18)28/h3-10,13H,2,11-12,14-16H2,1H3,(H,31,32). The minimum Gasteiger partial charge on any atom is -0.493 e. The van der Waals surface area contributed by atoms with Crippen LogP contribution in [0.4, 0.5) is 13.6 Å². The highest BCUT2D eigenvalue weighted by atomic mass is 19.1. The Hall–Kier alpha value is -3.98. The number of carbonyl (C=O) groups is 2. The van der Waals surface area contributed by atoms with E-state index in [0.717, 1.165) is 0 Å². The van der Waals surface area contributed by atoms with E-state index >= 15 is 0 Å². The molecule has 0 saturated carbocycles. The van der Waals surface area contributed by atoms with Crippen LogP contribution in [-0.2, 0) is 40.4 Å². The van der Waals surface area contributed by atoms with Crippen molar-refractivity contribution in [1.82, 2.24) is 5.06 Å². The Morgan fingerprint density at radius 3 is 2.53 bits per heavy atom. The normalized spacial score (nSPS) is 13.1. The lowest BCUT2D eigenvalue weighted by Gasteiger charge is -2.29. The number of benzene rings is 3. The second-order valence-corrected chi connectivity index (χ2v) is 8.22. The van der Waals surface area contributed by atoms with Crippen LogP contribution in [-0.4, -0.2) is 35.4 Å². The summed E-state index contributed by atoms with van der Waals surface area (Å²) in [4.78, 5) is 28.7.